The Morgan fingerprint density at radius 3 is 2.78 bits per heavy atom. The number of aryl methyl sites for hydroxylation is 1. The molecule has 4 aliphatic heterocycles. The Labute approximate surface area is 282 Å². The van der Waals surface area contributed by atoms with Crippen molar-refractivity contribution in [2.24, 2.45) is 16.7 Å². The van der Waals surface area contributed by atoms with E-state index in [4.69, 9.17) is 24.4 Å². The Morgan fingerprint density at radius 1 is 1.10 bits per heavy atom. The number of ether oxygens (including phenoxy) is 2. The number of phenolic OH excluding ortho intramolecular Hbond substituents is 1. The molecule has 256 valence electrons. The van der Waals surface area contributed by atoms with Gasteiger partial charge in [0, 0.05) is 54.7 Å². The summed E-state index contributed by atoms with van der Waals surface area (Å²) >= 11 is 0. The van der Waals surface area contributed by atoms with E-state index >= 15 is 8.78 Å². The lowest BCUT2D eigenvalue weighted by Crippen LogP contribution is -2.60. The monoisotopic (exact) mass is 670 g/mol. The fraction of sp³-hybridized carbons (Fsp3) is 0.541. The molecule has 0 amide bonds. The van der Waals surface area contributed by atoms with Gasteiger partial charge in [-0.3, -0.25) is 0 Å². The molecular formula is C37H40F2N6O4. The van der Waals surface area contributed by atoms with E-state index in [9.17, 15) is 10.2 Å². The minimum absolute atomic E-state index is 0.0200. The van der Waals surface area contributed by atoms with E-state index in [2.05, 4.69) is 15.1 Å². The SMILES string of the molecule is CCc1c(F)ccc2cc(O)cc(-c3nc4c5c(nc(OCC6(CN7CC8CC8(CO)C7)CC6)nc5c3F)N3C[C@H]5CC[C@H](N5)[C@H]3CO4)c12. The van der Waals surface area contributed by atoms with Crippen LogP contribution in [0.3, 0.4) is 0 Å². The van der Waals surface area contributed by atoms with Gasteiger partial charge in [-0.25, -0.2) is 13.8 Å². The molecule has 2 saturated carbocycles. The second kappa shape index (κ2) is 10.6. The van der Waals surface area contributed by atoms with Gasteiger partial charge in [0.1, 0.15) is 40.6 Å². The Balaban J connectivity index is 1.08. The molecule has 3 N–H and O–H groups in total. The van der Waals surface area contributed by atoms with Gasteiger partial charge in [-0.05, 0) is 79.0 Å². The van der Waals surface area contributed by atoms with E-state index in [1.165, 1.54) is 12.1 Å². The standard InChI is InChI=1S/C37H40F2N6O4/c1-2-23-25(38)5-3-19-9-22(47)10-24(28(19)23)31-30(39)32-29-33(45-13-21-4-6-26(40-21)27(45)14-48-34(29)41-31)43-35(42-32)49-18-36(7-8-36)15-44-12-20-11-37(20,16-44)17-46/h3,5,9-10,20-21,26-27,40,46-47H,2,4,6-8,11-18H2,1H3/t20?,21-,26+,27-,37?/m1/s1. The third-order valence-electron chi connectivity index (χ3n) is 12.4. The number of hydrogen-bond acceptors (Lipinski definition) is 10. The van der Waals surface area contributed by atoms with Crippen LogP contribution >= 0.6 is 0 Å². The number of likely N-dealkylation sites (tertiary alicyclic amines) is 1. The van der Waals surface area contributed by atoms with Crippen molar-refractivity contribution in [1.82, 2.24) is 25.2 Å². The van der Waals surface area contributed by atoms with Gasteiger partial charge in [0.05, 0.1) is 19.3 Å². The summed E-state index contributed by atoms with van der Waals surface area (Å²) in [4.78, 5) is 19.1. The van der Waals surface area contributed by atoms with Crippen LogP contribution in [0.15, 0.2) is 24.3 Å². The number of rotatable bonds is 8. The van der Waals surface area contributed by atoms with E-state index in [-0.39, 0.29) is 63.9 Å². The number of aromatic nitrogens is 3. The Bertz CT molecular complexity index is 2040. The van der Waals surface area contributed by atoms with Crippen LogP contribution in [0.1, 0.15) is 44.6 Å². The first-order valence-corrected chi connectivity index (χ1v) is 17.7. The summed E-state index contributed by atoms with van der Waals surface area (Å²) in [5.74, 6) is 0.192. The van der Waals surface area contributed by atoms with E-state index in [0.717, 1.165) is 51.7 Å². The molecule has 0 spiro atoms. The van der Waals surface area contributed by atoms with Gasteiger partial charge in [-0.15, -0.1) is 0 Å². The molecule has 2 aliphatic carbocycles. The summed E-state index contributed by atoms with van der Waals surface area (Å²) < 4.78 is 45.1. The average molecular weight is 671 g/mol. The van der Waals surface area contributed by atoms with Crippen LogP contribution in [0.2, 0.25) is 0 Å². The molecule has 5 fully saturated rings. The molecule has 4 aromatic rings. The number of aliphatic hydroxyl groups is 1. The number of fused-ring (bicyclic) bond motifs is 7. The number of nitrogens with one attached hydrogen (secondary N) is 1. The molecule has 5 atom stereocenters. The highest BCUT2D eigenvalue weighted by molar-refractivity contribution is 6.03. The minimum atomic E-state index is -0.697. The first-order valence-electron chi connectivity index (χ1n) is 17.7. The van der Waals surface area contributed by atoms with Crippen molar-refractivity contribution in [2.45, 2.75) is 63.6 Å². The molecule has 2 aromatic carbocycles. The highest BCUT2D eigenvalue weighted by Crippen LogP contribution is 2.59. The fourth-order valence-electron chi connectivity index (χ4n) is 9.48. The normalized spacial score (nSPS) is 29.1. The minimum Gasteiger partial charge on any atom is -0.508 e. The van der Waals surface area contributed by atoms with Crippen molar-refractivity contribution >= 4 is 27.5 Å². The maximum atomic E-state index is 17.1. The predicted molar refractivity (Wildman–Crippen MR) is 179 cm³/mol. The van der Waals surface area contributed by atoms with E-state index < -0.39 is 11.6 Å². The van der Waals surface area contributed by atoms with Crippen LogP contribution in [0.5, 0.6) is 17.6 Å². The zero-order valence-electron chi connectivity index (χ0n) is 27.5. The highest BCUT2D eigenvalue weighted by Gasteiger charge is 2.60. The largest absolute Gasteiger partial charge is 0.508 e. The number of piperazine rings is 1. The lowest BCUT2D eigenvalue weighted by atomic mass is 9.94. The summed E-state index contributed by atoms with van der Waals surface area (Å²) in [6.07, 6.45) is 5.61. The molecule has 10 rings (SSSR count). The number of halogens is 2. The molecule has 12 heteroatoms. The molecule has 6 heterocycles. The summed E-state index contributed by atoms with van der Waals surface area (Å²) in [7, 11) is 0. The second-order valence-corrected chi connectivity index (χ2v) is 15.6. The van der Waals surface area contributed by atoms with Crippen molar-refractivity contribution in [1.29, 1.82) is 0 Å². The highest BCUT2D eigenvalue weighted by atomic mass is 19.1. The first-order chi connectivity index (χ1) is 23.8. The van der Waals surface area contributed by atoms with Gasteiger partial charge in [-0.1, -0.05) is 13.0 Å². The predicted octanol–water partition coefficient (Wildman–Crippen LogP) is 4.57. The third-order valence-corrected chi connectivity index (χ3v) is 12.4. The van der Waals surface area contributed by atoms with Crippen LogP contribution < -0.4 is 19.7 Å². The Hall–Kier alpha value is -3.87. The fourth-order valence-corrected chi connectivity index (χ4v) is 9.48. The number of nitrogens with zero attached hydrogens (tertiary/aromatic N) is 5. The van der Waals surface area contributed by atoms with Crippen LogP contribution in [0, 0.1) is 28.4 Å². The van der Waals surface area contributed by atoms with Gasteiger partial charge < -0.3 is 34.8 Å². The van der Waals surface area contributed by atoms with Crippen molar-refractivity contribution in [3.05, 3.63) is 41.5 Å². The van der Waals surface area contributed by atoms with E-state index in [1.807, 2.05) is 6.92 Å². The van der Waals surface area contributed by atoms with Crippen molar-refractivity contribution < 1.29 is 28.5 Å². The van der Waals surface area contributed by atoms with E-state index in [1.54, 1.807) is 12.1 Å². The molecule has 2 bridgehead atoms. The maximum Gasteiger partial charge on any atom is 0.319 e. The summed E-state index contributed by atoms with van der Waals surface area (Å²) in [6, 6.07) is 6.51. The van der Waals surface area contributed by atoms with Crippen LogP contribution in [0.4, 0.5) is 14.6 Å². The second-order valence-electron chi connectivity index (χ2n) is 15.6. The Morgan fingerprint density at radius 2 is 1.98 bits per heavy atom. The van der Waals surface area contributed by atoms with Gasteiger partial charge in [0.2, 0.25) is 5.88 Å². The average Bonchev–Trinajstić information content (AvgIpc) is 3.95. The number of anilines is 1. The number of pyridine rings is 1. The number of aliphatic hydroxyl groups excluding tert-OH is 1. The zero-order valence-corrected chi connectivity index (χ0v) is 27.5. The summed E-state index contributed by atoms with van der Waals surface area (Å²) in [6.45, 7) is 6.38. The number of hydrogen-bond donors (Lipinski definition) is 3. The lowest BCUT2D eigenvalue weighted by Gasteiger charge is -2.40. The molecule has 3 saturated heterocycles. The molecular weight excluding hydrogens is 630 g/mol. The van der Waals surface area contributed by atoms with Gasteiger partial charge in [0.15, 0.2) is 5.82 Å². The molecule has 0 radical (unpaired) electrons. The number of benzene rings is 2. The topological polar surface area (TPSA) is 116 Å². The van der Waals surface area contributed by atoms with Crippen LogP contribution in [0.25, 0.3) is 32.9 Å². The molecule has 6 aliphatic rings. The van der Waals surface area contributed by atoms with Crippen molar-refractivity contribution in [3.8, 4) is 28.9 Å². The Kier molecular flexibility index (Phi) is 6.47. The van der Waals surface area contributed by atoms with Gasteiger partial charge in [0.25, 0.3) is 0 Å². The number of phenols is 1. The summed E-state index contributed by atoms with van der Waals surface area (Å²) in [5.41, 5.74) is 0.731. The molecule has 2 unspecified atom stereocenters. The van der Waals surface area contributed by atoms with Crippen LogP contribution in [-0.2, 0) is 6.42 Å². The quantitative estimate of drug-likeness (QED) is 0.246. The molecule has 49 heavy (non-hydrogen) atoms. The van der Waals surface area contributed by atoms with Crippen LogP contribution in [-0.4, -0.2) is 94.2 Å². The van der Waals surface area contributed by atoms with E-state index in [0.29, 0.717) is 65.7 Å². The third kappa shape index (κ3) is 4.63. The van der Waals surface area contributed by atoms with Gasteiger partial charge in [-0.2, -0.15) is 9.97 Å². The molecule has 10 nitrogen and oxygen atoms in total. The number of aromatic hydroxyl groups is 1. The molecule has 2 aromatic heterocycles. The maximum absolute atomic E-state index is 17.1. The van der Waals surface area contributed by atoms with Gasteiger partial charge >= 0.3 is 6.01 Å². The summed E-state index contributed by atoms with van der Waals surface area (Å²) in [5, 5.41) is 25.8. The van der Waals surface area contributed by atoms with Crippen molar-refractivity contribution in [3.63, 3.8) is 0 Å². The lowest BCUT2D eigenvalue weighted by molar-refractivity contribution is 0.143. The van der Waals surface area contributed by atoms with Crippen molar-refractivity contribution in [2.75, 3.05) is 50.9 Å². The first kappa shape index (κ1) is 30.0. The zero-order chi connectivity index (χ0) is 33.2. The smallest absolute Gasteiger partial charge is 0.319 e. The number of piperidine rings is 1.